The minimum atomic E-state index is -0.341. The number of rotatable bonds is 3. The van der Waals surface area contributed by atoms with Crippen molar-refractivity contribution in [1.29, 1.82) is 0 Å². The Balaban J connectivity index is 1.66. The fourth-order valence-electron chi connectivity index (χ4n) is 3.23. The molecule has 3 rings (SSSR count). The van der Waals surface area contributed by atoms with Gasteiger partial charge in [-0.3, -0.25) is 14.6 Å². The van der Waals surface area contributed by atoms with E-state index in [0.717, 1.165) is 31.7 Å². The Morgan fingerprint density at radius 2 is 2.05 bits per heavy atom. The number of carbonyl (C=O) groups is 1. The van der Waals surface area contributed by atoms with Gasteiger partial charge in [-0.05, 0) is 17.7 Å². The third-order valence-electron chi connectivity index (χ3n) is 4.58. The van der Waals surface area contributed by atoms with Crippen molar-refractivity contribution in [3.8, 4) is 5.75 Å². The zero-order valence-corrected chi connectivity index (χ0v) is 13.1. The van der Waals surface area contributed by atoms with E-state index in [2.05, 4.69) is 9.80 Å². The highest BCUT2D eigenvalue weighted by Crippen LogP contribution is 2.21. The van der Waals surface area contributed by atoms with Crippen LogP contribution in [0.3, 0.4) is 0 Å². The standard InChI is InChI=1S/C16H22FN3O2/c1-18-5-7-20-8-6-19(11-14(20)16(18)21)10-12-3-4-15(22-2)13(17)9-12/h3-4,9,14H,5-8,10-11H2,1-2H3. The third kappa shape index (κ3) is 2.94. The first-order valence-corrected chi connectivity index (χ1v) is 7.62. The number of hydrogen-bond donors (Lipinski definition) is 0. The molecule has 1 amide bonds. The zero-order chi connectivity index (χ0) is 15.7. The molecule has 0 aromatic heterocycles. The van der Waals surface area contributed by atoms with Crippen LogP contribution in [0.4, 0.5) is 4.39 Å². The molecule has 1 unspecified atom stereocenters. The van der Waals surface area contributed by atoms with Gasteiger partial charge in [0.25, 0.3) is 0 Å². The molecule has 22 heavy (non-hydrogen) atoms. The molecule has 2 saturated heterocycles. The average Bonchev–Trinajstić information content (AvgIpc) is 2.52. The van der Waals surface area contributed by atoms with Gasteiger partial charge in [-0.2, -0.15) is 0 Å². The molecular weight excluding hydrogens is 285 g/mol. The molecule has 0 saturated carbocycles. The summed E-state index contributed by atoms with van der Waals surface area (Å²) >= 11 is 0. The molecule has 1 aromatic carbocycles. The lowest BCUT2D eigenvalue weighted by atomic mass is 10.1. The van der Waals surface area contributed by atoms with Crippen LogP contribution in [0.25, 0.3) is 0 Å². The molecule has 1 atom stereocenters. The van der Waals surface area contributed by atoms with E-state index >= 15 is 0 Å². The number of likely N-dealkylation sites (N-methyl/N-ethyl adjacent to an activating group) is 1. The van der Waals surface area contributed by atoms with Crippen molar-refractivity contribution in [2.75, 3.05) is 46.9 Å². The number of halogens is 1. The van der Waals surface area contributed by atoms with E-state index in [9.17, 15) is 9.18 Å². The Labute approximate surface area is 130 Å². The van der Waals surface area contributed by atoms with Crippen molar-refractivity contribution >= 4 is 5.91 Å². The number of amides is 1. The second-order valence-corrected chi connectivity index (χ2v) is 6.02. The van der Waals surface area contributed by atoms with Crippen molar-refractivity contribution in [3.05, 3.63) is 29.6 Å². The Morgan fingerprint density at radius 3 is 2.77 bits per heavy atom. The van der Waals surface area contributed by atoms with Crippen molar-refractivity contribution in [2.24, 2.45) is 0 Å². The molecular formula is C16H22FN3O2. The lowest BCUT2D eigenvalue weighted by molar-refractivity contribution is -0.143. The summed E-state index contributed by atoms with van der Waals surface area (Å²) in [5, 5.41) is 0. The first-order chi connectivity index (χ1) is 10.6. The van der Waals surface area contributed by atoms with Gasteiger partial charge in [-0.1, -0.05) is 6.07 Å². The van der Waals surface area contributed by atoms with Gasteiger partial charge in [0.1, 0.15) is 6.04 Å². The smallest absolute Gasteiger partial charge is 0.241 e. The lowest BCUT2D eigenvalue weighted by Crippen LogP contribution is -2.63. The first kappa shape index (κ1) is 15.2. The highest BCUT2D eigenvalue weighted by atomic mass is 19.1. The summed E-state index contributed by atoms with van der Waals surface area (Å²) in [5.74, 6) is 0.113. The van der Waals surface area contributed by atoms with Gasteiger partial charge in [0.15, 0.2) is 11.6 Å². The fraction of sp³-hybridized carbons (Fsp3) is 0.562. The Hall–Kier alpha value is -1.66. The van der Waals surface area contributed by atoms with Gasteiger partial charge in [-0.15, -0.1) is 0 Å². The number of hydrogen-bond acceptors (Lipinski definition) is 4. The van der Waals surface area contributed by atoms with E-state index in [-0.39, 0.29) is 23.5 Å². The molecule has 5 nitrogen and oxygen atoms in total. The summed E-state index contributed by atoms with van der Waals surface area (Å²) in [5.41, 5.74) is 0.906. The quantitative estimate of drug-likeness (QED) is 0.827. The highest BCUT2D eigenvalue weighted by molar-refractivity contribution is 5.82. The molecule has 0 radical (unpaired) electrons. The summed E-state index contributed by atoms with van der Waals surface area (Å²) in [6.45, 7) is 4.90. The normalized spacial score (nSPS) is 23.5. The molecule has 0 spiro atoms. The summed E-state index contributed by atoms with van der Waals surface area (Å²) in [7, 11) is 3.32. The van der Waals surface area contributed by atoms with Crippen LogP contribution >= 0.6 is 0 Å². The predicted octanol–water partition coefficient (Wildman–Crippen LogP) is 0.793. The van der Waals surface area contributed by atoms with Crippen molar-refractivity contribution in [1.82, 2.24) is 14.7 Å². The Kier molecular flexibility index (Phi) is 4.31. The molecule has 2 heterocycles. The number of nitrogens with zero attached hydrogens (tertiary/aromatic N) is 3. The maximum atomic E-state index is 13.8. The van der Waals surface area contributed by atoms with Crippen LogP contribution in [0, 0.1) is 5.82 Å². The number of benzene rings is 1. The van der Waals surface area contributed by atoms with Crippen LogP contribution in [0.5, 0.6) is 5.75 Å². The van der Waals surface area contributed by atoms with Gasteiger partial charge in [0, 0.05) is 46.3 Å². The molecule has 6 heteroatoms. The summed E-state index contributed by atoms with van der Waals surface area (Å²) in [6.07, 6.45) is 0. The Bertz CT molecular complexity index is 566. The van der Waals surface area contributed by atoms with Gasteiger partial charge in [0.05, 0.1) is 7.11 Å². The second-order valence-electron chi connectivity index (χ2n) is 6.02. The minimum Gasteiger partial charge on any atom is -0.494 e. The monoisotopic (exact) mass is 307 g/mol. The molecule has 0 aliphatic carbocycles. The molecule has 1 aromatic rings. The lowest BCUT2D eigenvalue weighted by Gasteiger charge is -2.45. The van der Waals surface area contributed by atoms with E-state index in [1.54, 1.807) is 11.0 Å². The minimum absolute atomic E-state index is 0.0596. The molecule has 2 aliphatic heterocycles. The van der Waals surface area contributed by atoms with Gasteiger partial charge >= 0.3 is 0 Å². The maximum Gasteiger partial charge on any atom is 0.241 e. The van der Waals surface area contributed by atoms with Crippen molar-refractivity contribution in [3.63, 3.8) is 0 Å². The third-order valence-corrected chi connectivity index (χ3v) is 4.58. The van der Waals surface area contributed by atoms with Crippen LogP contribution in [0.1, 0.15) is 5.56 Å². The number of piperazine rings is 2. The van der Waals surface area contributed by atoms with Crippen LogP contribution in [-0.2, 0) is 11.3 Å². The van der Waals surface area contributed by atoms with E-state index in [1.807, 2.05) is 13.1 Å². The SMILES string of the molecule is COc1ccc(CN2CCN3CCN(C)C(=O)C3C2)cc1F. The topological polar surface area (TPSA) is 36.0 Å². The molecule has 2 aliphatic rings. The van der Waals surface area contributed by atoms with Gasteiger partial charge < -0.3 is 9.64 Å². The fourth-order valence-corrected chi connectivity index (χ4v) is 3.23. The summed E-state index contributed by atoms with van der Waals surface area (Å²) in [6, 6.07) is 4.99. The highest BCUT2D eigenvalue weighted by Gasteiger charge is 2.37. The number of fused-ring (bicyclic) bond motifs is 1. The maximum absolute atomic E-state index is 13.8. The number of methoxy groups -OCH3 is 1. The van der Waals surface area contributed by atoms with Gasteiger partial charge in [0.2, 0.25) is 5.91 Å². The number of ether oxygens (including phenoxy) is 1. The summed E-state index contributed by atoms with van der Waals surface area (Å²) in [4.78, 5) is 18.6. The number of carbonyl (C=O) groups excluding carboxylic acids is 1. The first-order valence-electron chi connectivity index (χ1n) is 7.62. The Morgan fingerprint density at radius 1 is 1.27 bits per heavy atom. The van der Waals surface area contributed by atoms with Crippen LogP contribution < -0.4 is 4.74 Å². The van der Waals surface area contributed by atoms with Gasteiger partial charge in [-0.25, -0.2) is 4.39 Å². The van der Waals surface area contributed by atoms with Crippen LogP contribution in [0.2, 0.25) is 0 Å². The largest absolute Gasteiger partial charge is 0.494 e. The van der Waals surface area contributed by atoms with Crippen LogP contribution in [0.15, 0.2) is 18.2 Å². The van der Waals surface area contributed by atoms with Crippen molar-refractivity contribution in [2.45, 2.75) is 12.6 Å². The molecule has 0 bridgehead atoms. The molecule has 0 N–H and O–H groups in total. The van der Waals surface area contributed by atoms with E-state index < -0.39 is 0 Å². The summed E-state index contributed by atoms with van der Waals surface area (Å²) < 4.78 is 18.7. The average molecular weight is 307 g/mol. The van der Waals surface area contributed by atoms with Crippen LogP contribution in [-0.4, -0.2) is 73.5 Å². The van der Waals surface area contributed by atoms with E-state index in [0.29, 0.717) is 13.1 Å². The zero-order valence-electron chi connectivity index (χ0n) is 13.1. The van der Waals surface area contributed by atoms with Crippen molar-refractivity contribution < 1.29 is 13.9 Å². The van der Waals surface area contributed by atoms with E-state index in [4.69, 9.17) is 4.74 Å². The second kappa shape index (κ2) is 6.22. The predicted molar refractivity (Wildman–Crippen MR) is 81.2 cm³/mol. The molecule has 120 valence electrons. The van der Waals surface area contributed by atoms with E-state index in [1.165, 1.54) is 13.2 Å². The molecule has 2 fully saturated rings.